The van der Waals surface area contributed by atoms with Crippen LogP contribution >= 0.6 is 0 Å². The van der Waals surface area contributed by atoms with Crippen LogP contribution in [0.15, 0.2) is 0 Å². The molecule has 1 atom stereocenters. The monoisotopic (exact) mass is 240 g/mol. The molecule has 1 heterocycles. The lowest BCUT2D eigenvalue weighted by Gasteiger charge is -2.30. The maximum absolute atomic E-state index is 11.9. The molecule has 0 aromatic carbocycles. The van der Waals surface area contributed by atoms with Crippen molar-refractivity contribution in [1.29, 1.82) is 0 Å². The Labute approximate surface area is 103 Å². The molecule has 1 aliphatic carbocycles. The summed E-state index contributed by atoms with van der Waals surface area (Å²) in [5, 5.41) is 6.61. The fourth-order valence-electron chi connectivity index (χ4n) is 2.81. The Kier molecular flexibility index (Phi) is 4.80. The maximum atomic E-state index is 11.9. The smallest absolute Gasteiger partial charge is 0.249 e. The molecule has 1 saturated heterocycles. The van der Waals surface area contributed by atoms with Crippen LogP contribution in [0, 0.1) is 0 Å². The highest BCUT2D eigenvalue weighted by Gasteiger charge is 2.27. The summed E-state index contributed by atoms with van der Waals surface area (Å²) in [5.41, 5.74) is 0. The second kappa shape index (κ2) is 6.36. The van der Waals surface area contributed by atoms with Gasteiger partial charge in [-0.1, -0.05) is 6.92 Å². The van der Waals surface area contributed by atoms with Gasteiger partial charge in [-0.3, -0.25) is 4.79 Å². The summed E-state index contributed by atoms with van der Waals surface area (Å²) >= 11 is 0. The second-order valence-electron chi connectivity index (χ2n) is 5.12. The zero-order chi connectivity index (χ0) is 12.1. The Balaban J connectivity index is 1.68. The van der Waals surface area contributed by atoms with Gasteiger partial charge in [-0.2, -0.15) is 0 Å². The zero-order valence-electron chi connectivity index (χ0n) is 10.7. The SMILES string of the molecule is CCNC1CCC(NC(=O)C2CCCO2)CC1. The molecule has 98 valence electrons. The summed E-state index contributed by atoms with van der Waals surface area (Å²) < 4.78 is 5.39. The summed E-state index contributed by atoms with van der Waals surface area (Å²) in [6.45, 7) is 3.92. The zero-order valence-corrected chi connectivity index (χ0v) is 10.7. The molecule has 0 spiro atoms. The summed E-state index contributed by atoms with van der Waals surface area (Å²) in [5.74, 6) is 0.106. The molecule has 4 heteroatoms. The normalized spacial score (nSPS) is 33.6. The van der Waals surface area contributed by atoms with Crippen LogP contribution in [0.5, 0.6) is 0 Å². The molecule has 2 rings (SSSR count). The lowest BCUT2D eigenvalue weighted by Crippen LogP contribution is -2.45. The number of carbonyl (C=O) groups is 1. The van der Waals surface area contributed by atoms with Gasteiger partial charge in [0.1, 0.15) is 6.10 Å². The number of carbonyl (C=O) groups excluding carboxylic acids is 1. The van der Waals surface area contributed by atoms with Crippen molar-refractivity contribution in [3.05, 3.63) is 0 Å². The minimum Gasteiger partial charge on any atom is -0.368 e. The van der Waals surface area contributed by atoms with Crippen LogP contribution in [0.1, 0.15) is 45.4 Å². The summed E-state index contributed by atoms with van der Waals surface area (Å²) in [7, 11) is 0. The quantitative estimate of drug-likeness (QED) is 0.776. The molecular weight excluding hydrogens is 216 g/mol. The molecule has 1 saturated carbocycles. The highest BCUT2D eigenvalue weighted by molar-refractivity contribution is 5.81. The highest BCUT2D eigenvalue weighted by atomic mass is 16.5. The van der Waals surface area contributed by atoms with Crippen molar-refractivity contribution in [2.75, 3.05) is 13.2 Å². The van der Waals surface area contributed by atoms with Crippen molar-refractivity contribution in [3.63, 3.8) is 0 Å². The number of hydrogen-bond donors (Lipinski definition) is 2. The molecule has 0 aromatic heterocycles. The van der Waals surface area contributed by atoms with Gasteiger partial charge in [-0.25, -0.2) is 0 Å². The van der Waals surface area contributed by atoms with Crippen LogP contribution in [0.4, 0.5) is 0 Å². The Morgan fingerprint density at radius 3 is 2.47 bits per heavy atom. The van der Waals surface area contributed by atoms with Crippen molar-refractivity contribution < 1.29 is 9.53 Å². The second-order valence-corrected chi connectivity index (χ2v) is 5.12. The van der Waals surface area contributed by atoms with E-state index in [0.717, 1.165) is 38.8 Å². The molecule has 2 fully saturated rings. The fourth-order valence-corrected chi connectivity index (χ4v) is 2.81. The van der Waals surface area contributed by atoms with Crippen LogP contribution in [-0.4, -0.2) is 37.2 Å². The van der Waals surface area contributed by atoms with Crippen LogP contribution in [0.2, 0.25) is 0 Å². The molecule has 17 heavy (non-hydrogen) atoms. The van der Waals surface area contributed by atoms with Crippen molar-refractivity contribution in [3.8, 4) is 0 Å². The van der Waals surface area contributed by atoms with Crippen molar-refractivity contribution in [2.45, 2.75) is 63.6 Å². The van der Waals surface area contributed by atoms with Crippen LogP contribution in [0.25, 0.3) is 0 Å². The fraction of sp³-hybridized carbons (Fsp3) is 0.923. The van der Waals surface area contributed by atoms with E-state index in [1.165, 1.54) is 12.8 Å². The van der Waals surface area contributed by atoms with Gasteiger partial charge in [0, 0.05) is 18.7 Å². The Morgan fingerprint density at radius 1 is 1.18 bits per heavy atom. The third kappa shape index (κ3) is 3.68. The van der Waals surface area contributed by atoms with E-state index in [0.29, 0.717) is 12.1 Å². The van der Waals surface area contributed by atoms with Gasteiger partial charge in [-0.05, 0) is 45.1 Å². The van der Waals surface area contributed by atoms with E-state index >= 15 is 0 Å². The van der Waals surface area contributed by atoms with E-state index < -0.39 is 0 Å². The van der Waals surface area contributed by atoms with Gasteiger partial charge in [0.2, 0.25) is 5.91 Å². The molecule has 4 nitrogen and oxygen atoms in total. The van der Waals surface area contributed by atoms with Gasteiger partial charge in [0.15, 0.2) is 0 Å². The first-order valence-corrected chi connectivity index (χ1v) is 6.95. The maximum Gasteiger partial charge on any atom is 0.249 e. The molecular formula is C13H24N2O2. The first-order chi connectivity index (χ1) is 8.29. The molecule has 1 unspecified atom stereocenters. The van der Waals surface area contributed by atoms with E-state index in [1.807, 2.05) is 0 Å². The minimum atomic E-state index is -0.179. The third-order valence-corrected chi connectivity index (χ3v) is 3.79. The molecule has 2 aliphatic rings. The average Bonchev–Trinajstić information content (AvgIpc) is 2.86. The van der Waals surface area contributed by atoms with Crippen molar-refractivity contribution >= 4 is 5.91 Å². The number of amides is 1. The Morgan fingerprint density at radius 2 is 1.88 bits per heavy atom. The van der Waals surface area contributed by atoms with Gasteiger partial charge < -0.3 is 15.4 Å². The first-order valence-electron chi connectivity index (χ1n) is 6.95. The lowest BCUT2D eigenvalue weighted by atomic mass is 9.91. The predicted molar refractivity (Wildman–Crippen MR) is 66.8 cm³/mol. The number of ether oxygens (including phenoxy) is 1. The molecule has 0 aromatic rings. The minimum absolute atomic E-state index is 0.106. The van der Waals surface area contributed by atoms with Gasteiger partial charge in [0.25, 0.3) is 0 Å². The molecule has 1 amide bonds. The van der Waals surface area contributed by atoms with E-state index in [4.69, 9.17) is 4.74 Å². The Hall–Kier alpha value is -0.610. The number of nitrogens with one attached hydrogen (secondary N) is 2. The Bertz CT molecular complexity index is 244. The van der Waals surface area contributed by atoms with E-state index in [2.05, 4.69) is 17.6 Å². The highest BCUT2D eigenvalue weighted by Crippen LogP contribution is 2.19. The van der Waals surface area contributed by atoms with Crippen LogP contribution < -0.4 is 10.6 Å². The van der Waals surface area contributed by atoms with E-state index in [1.54, 1.807) is 0 Å². The predicted octanol–water partition coefficient (Wildman–Crippen LogP) is 1.20. The van der Waals surface area contributed by atoms with Gasteiger partial charge in [-0.15, -0.1) is 0 Å². The van der Waals surface area contributed by atoms with E-state index in [9.17, 15) is 4.79 Å². The largest absolute Gasteiger partial charge is 0.368 e. The molecule has 1 aliphatic heterocycles. The summed E-state index contributed by atoms with van der Waals surface area (Å²) in [4.78, 5) is 11.9. The summed E-state index contributed by atoms with van der Waals surface area (Å²) in [6, 6.07) is 1.01. The lowest BCUT2D eigenvalue weighted by molar-refractivity contribution is -0.131. The third-order valence-electron chi connectivity index (χ3n) is 3.79. The molecule has 0 bridgehead atoms. The first kappa shape index (κ1) is 12.8. The van der Waals surface area contributed by atoms with Crippen molar-refractivity contribution in [2.24, 2.45) is 0 Å². The van der Waals surface area contributed by atoms with E-state index in [-0.39, 0.29) is 12.0 Å². The molecule has 0 radical (unpaired) electrons. The standard InChI is InChI=1S/C13H24N2O2/c1-2-14-10-5-7-11(8-6-10)15-13(16)12-4-3-9-17-12/h10-12,14H,2-9H2,1H3,(H,15,16). The number of hydrogen-bond acceptors (Lipinski definition) is 3. The van der Waals surface area contributed by atoms with Crippen LogP contribution in [0.3, 0.4) is 0 Å². The van der Waals surface area contributed by atoms with Gasteiger partial charge in [0.05, 0.1) is 0 Å². The van der Waals surface area contributed by atoms with Gasteiger partial charge >= 0.3 is 0 Å². The van der Waals surface area contributed by atoms with Crippen LogP contribution in [-0.2, 0) is 9.53 Å². The summed E-state index contributed by atoms with van der Waals surface area (Å²) in [6.07, 6.45) is 6.26. The number of rotatable bonds is 4. The van der Waals surface area contributed by atoms with Crippen molar-refractivity contribution in [1.82, 2.24) is 10.6 Å². The topological polar surface area (TPSA) is 50.4 Å². The average molecular weight is 240 g/mol. The molecule has 2 N–H and O–H groups in total.